The Morgan fingerprint density at radius 1 is 1.44 bits per heavy atom. The Kier molecular flexibility index (Phi) is 3.52. The number of nitrogens with one attached hydrogen (secondary N) is 1. The molecule has 1 atom stereocenters. The van der Waals surface area contributed by atoms with E-state index in [1.165, 1.54) is 42.7 Å². The average molecular weight is 246 g/mol. The van der Waals surface area contributed by atoms with Gasteiger partial charge in [0, 0.05) is 32.4 Å². The fourth-order valence-corrected chi connectivity index (χ4v) is 3.14. The summed E-state index contributed by atoms with van der Waals surface area (Å²) < 4.78 is 5.25. The zero-order valence-electron chi connectivity index (χ0n) is 11.1. The standard InChI is InChI=1S/C15H22N2O/c1-18-11-13-5-7-17(10-13)9-12-2-3-15-14(8-12)4-6-16-15/h2-3,8,13,16H,4-7,9-11H2,1H3. The normalized spacial score (nSPS) is 23.1. The van der Waals surface area contributed by atoms with Crippen molar-refractivity contribution in [2.75, 3.05) is 38.7 Å². The number of nitrogens with zero attached hydrogens (tertiary/aromatic N) is 1. The van der Waals surface area contributed by atoms with Crippen LogP contribution in [0.25, 0.3) is 0 Å². The van der Waals surface area contributed by atoms with Gasteiger partial charge < -0.3 is 10.1 Å². The lowest BCUT2D eigenvalue weighted by molar-refractivity contribution is 0.152. The second kappa shape index (κ2) is 5.29. The van der Waals surface area contributed by atoms with E-state index in [2.05, 4.69) is 28.4 Å². The maximum Gasteiger partial charge on any atom is 0.0503 e. The Balaban J connectivity index is 1.60. The van der Waals surface area contributed by atoms with Gasteiger partial charge in [0.15, 0.2) is 0 Å². The third kappa shape index (κ3) is 2.52. The first-order valence-corrected chi connectivity index (χ1v) is 6.92. The average Bonchev–Trinajstić information content (AvgIpc) is 2.98. The maximum absolute atomic E-state index is 5.25. The molecule has 0 spiro atoms. The van der Waals surface area contributed by atoms with Crippen LogP contribution in [-0.2, 0) is 17.7 Å². The highest BCUT2D eigenvalue weighted by molar-refractivity contribution is 5.56. The van der Waals surface area contributed by atoms with Gasteiger partial charge in [0.25, 0.3) is 0 Å². The quantitative estimate of drug-likeness (QED) is 0.880. The minimum Gasteiger partial charge on any atom is -0.384 e. The van der Waals surface area contributed by atoms with Crippen LogP contribution in [0.1, 0.15) is 17.5 Å². The summed E-state index contributed by atoms with van der Waals surface area (Å²) in [5, 5.41) is 3.41. The van der Waals surface area contributed by atoms with E-state index < -0.39 is 0 Å². The summed E-state index contributed by atoms with van der Waals surface area (Å²) in [7, 11) is 1.80. The molecule has 2 heterocycles. The molecule has 1 fully saturated rings. The number of hydrogen-bond acceptors (Lipinski definition) is 3. The summed E-state index contributed by atoms with van der Waals surface area (Å²) in [6.07, 6.45) is 2.45. The van der Waals surface area contributed by atoms with Crippen molar-refractivity contribution >= 4 is 5.69 Å². The van der Waals surface area contributed by atoms with Gasteiger partial charge in [0.1, 0.15) is 0 Å². The van der Waals surface area contributed by atoms with Crippen molar-refractivity contribution in [2.24, 2.45) is 5.92 Å². The van der Waals surface area contributed by atoms with Crippen LogP contribution < -0.4 is 5.32 Å². The molecular weight excluding hydrogens is 224 g/mol. The molecule has 2 aliphatic heterocycles. The van der Waals surface area contributed by atoms with Gasteiger partial charge in [-0.25, -0.2) is 0 Å². The van der Waals surface area contributed by atoms with Crippen LogP contribution in [0.5, 0.6) is 0 Å². The third-order valence-electron chi connectivity index (χ3n) is 4.06. The van der Waals surface area contributed by atoms with Gasteiger partial charge in [0.2, 0.25) is 0 Å². The lowest BCUT2D eigenvalue weighted by atomic mass is 10.1. The smallest absolute Gasteiger partial charge is 0.0503 e. The summed E-state index contributed by atoms with van der Waals surface area (Å²) in [6, 6.07) is 6.88. The molecule has 1 aromatic rings. The molecule has 2 aliphatic rings. The molecule has 1 aromatic carbocycles. The van der Waals surface area contributed by atoms with Crippen molar-refractivity contribution in [3.63, 3.8) is 0 Å². The van der Waals surface area contributed by atoms with Crippen LogP contribution in [0.15, 0.2) is 18.2 Å². The summed E-state index contributed by atoms with van der Waals surface area (Å²) in [6.45, 7) is 5.49. The summed E-state index contributed by atoms with van der Waals surface area (Å²) in [4.78, 5) is 2.55. The van der Waals surface area contributed by atoms with Gasteiger partial charge in [0.05, 0.1) is 6.61 Å². The summed E-state index contributed by atoms with van der Waals surface area (Å²) in [5.41, 5.74) is 4.27. The Hall–Kier alpha value is -1.06. The molecule has 0 saturated carbocycles. The van der Waals surface area contributed by atoms with E-state index in [9.17, 15) is 0 Å². The number of fused-ring (bicyclic) bond motifs is 1. The zero-order valence-corrected chi connectivity index (χ0v) is 11.1. The molecule has 98 valence electrons. The van der Waals surface area contributed by atoms with E-state index in [0.29, 0.717) is 0 Å². The molecule has 1 N–H and O–H groups in total. The van der Waals surface area contributed by atoms with Gasteiger partial charge in [-0.15, -0.1) is 0 Å². The summed E-state index contributed by atoms with van der Waals surface area (Å²) >= 11 is 0. The van der Waals surface area contributed by atoms with Gasteiger partial charge in [-0.1, -0.05) is 12.1 Å². The van der Waals surface area contributed by atoms with Gasteiger partial charge in [-0.3, -0.25) is 4.90 Å². The van der Waals surface area contributed by atoms with Gasteiger partial charge in [-0.05, 0) is 42.5 Å². The predicted molar refractivity (Wildman–Crippen MR) is 73.9 cm³/mol. The first kappa shape index (κ1) is 12.0. The molecule has 3 rings (SSSR count). The molecule has 0 radical (unpaired) electrons. The van der Waals surface area contributed by atoms with E-state index in [4.69, 9.17) is 4.74 Å². The Morgan fingerprint density at radius 2 is 2.39 bits per heavy atom. The van der Waals surface area contributed by atoms with Gasteiger partial charge >= 0.3 is 0 Å². The maximum atomic E-state index is 5.25. The number of benzene rings is 1. The van der Waals surface area contributed by atoms with E-state index in [0.717, 1.165) is 25.6 Å². The van der Waals surface area contributed by atoms with E-state index in [1.807, 2.05) is 0 Å². The molecule has 3 nitrogen and oxygen atoms in total. The minimum atomic E-state index is 0.728. The van der Waals surface area contributed by atoms with Crippen LogP contribution in [0.2, 0.25) is 0 Å². The number of methoxy groups -OCH3 is 1. The zero-order chi connectivity index (χ0) is 12.4. The highest BCUT2D eigenvalue weighted by Gasteiger charge is 2.22. The molecule has 3 heteroatoms. The molecule has 1 unspecified atom stereocenters. The van der Waals surface area contributed by atoms with Gasteiger partial charge in [-0.2, -0.15) is 0 Å². The topological polar surface area (TPSA) is 24.5 Å². The van der Waals surface area contributed by atoms with Crippen molar-refractivity contribution in [1.82, 2.24) is 4.90 Å². The van der Waals surface area contributed by atoms with Crippen molar-refractivity contribution in [3.05, 3.63) is 29.3 Å². The number of rotatable bonds is 4. The molecule has 0 aliphatic carbocycles. The molecule has 0 amide bonds. The highest BCUT2D eigenvalue weighted by Crippen LogP contribution is 2.25. The van der Waals surface area contributed by atoms with E-state index in [1.54, 1.807) is 7.11 Å². The van der Waals surface area contributed by atoms with E-state index in [-0.39, 0.29) is 0 Å². The molecular formula is C15H22N2O. The van der Waals surface area contributed by atoms with Crippen LogP contribution in [0.3, 0.4) is 0 Å². The first-order valence-electron chi connectivity index (χ1n) is 6.92. The highest BCUT2D eigenvalue weighted by atomic mass is 16.5. The number of ether oxygens (including phenoxy) is 1. The minimum absolute atomic E-state index is 0.728. The monoisotopic (exact) mass is 246 g/mol. The SMILES string of the molecule is COCC1CCN(Cc2ccc3c(c2)CCN3)C1. The second-order valence-electron chi connectivity index (χ2n) is 5.51. The molecule has 1 saturated heterocycles. The Labute approximate surface area is 109 Å². The lowest BCUT2D eigenvalue weighted by Crippen LogP contribution is -2.21. The van der Waals surface area contributed by atoms with Crippen molar-refractivity contribution in [1.29, 1.82) is 0 Å². The first-order chi connectivity index (χ1) is 8.85. The lowest BCUT2D eigenvalue weighted by Gasteiger charge is -2.16. The number of likely N-dealkylation sites (tertiary alicyclic amines) is 1. The fraction of sp³-hybridized carbons (Fsp3) is 0.600. The third-order valence-corrected chi connectivity index (χ3v) is 4.06. The predicted octanol–water partition coefficient (Wildman–Crippen LogP) is 2.12. The van der Waals surface area contributed by atoms with Crippen LogP contribution >= 0.6 is 0 Å². The summed E-state index contributed by atoms with van der Waals surface area (Å²) in [5.74, 6) is 0.728. The largest absolute Gasteiger partial charge is 0.384 e. The van der Waals surface area contributed by atoms with Crippen molar-refractivity contribution in [2.45, 2.75) is 19.4 Å². The van der Waals surface area contributed by atoms with Crippen molar-refractivity contribution in [3.8, 4) is 0 Å². The number of anilines is 1. The van der Waals surface area contributed by atoms with Crippen LogP contribution in [0, 0.1) is 5.92 Å². The molecule has 18 heavy (non-hydrogen) atoms. The Bertz CT molecular complexity index is 419. The number of hydrogen-bond donors (Lipinski definition) is 1. The molecule has 0 aromatic heterocycles. The second-order valence-corrected chi connectivity index (χ2v) is 5.51. The van der Waals surface area contributed by atoms with Crippen LogP contribution in [-0.4, -0.2) is 38.3 Å². The fourth-order valence-electron chi connectivity index (χ4n) is 3.14. The Morgan fingerprint density at radius 3 is 3.28 bits per heavy atom. The van der Waals surface area contributed by atoms with Crippen LogP contribution in [0.4, 0.5) is 5.69 Å². The molecule has 0 bridgehead atoms. The van der Waals surface area contributed by atoms with E-state index >= 15 is 0 Å². The van der Waals surface area contributed by atoms with Crippen molar-refractivity contribution < 1.29 is 4.74 Å².